The number of alkyl carbamates (subject to hydrolysis) is 1. The van der Waals surface area contributed by atoms with Gasteiger partial charge in [-0.15, -0.1) is 16.4 Å². The van der Waals surface area contributed by atoms with Gasteiger partial charge in [0, 0.05) is 36.0 Å². The Hall–Kier alpha value is -4.79. The van der Waals surface area contributed by atoms with Crippen LogP contribution in [0.15, 0.2) is 48.0 Å². The molecule has 6 rings (SSSR count). The Morgan fingerprint density at radius 1 is 1.10 bits per heavy atom. The van der Waals surface area contributed by atoms with Crippen LogP contribution in [0.2, 0.25) is 0 Å². The van der Waals surface area contributed by atoms with Crippen LogP contribution >= 0.6 is 11.3 Å². The highest BCUT2D eigenvalue weighted by Gasteiger charge is 2.61. The highest BCUT2D eigenvalue weighted by Crippen LogP contribution is 2.46. The molecule has 1 aromatic carbocycles. The minimum atomic E-state index is -1.45. The Kier molecular flexibility index (Phi) is 9.96. The summed E-state index contributed by atoms with van der Waals surface area (Å²) in [5, 5.41) is 28.0. The first-order valence-electron chi connectivity index (χ1n) is 16.9. The van der Waals surface area contributed by atoms with Crippen LogP contribution in [0.3, 0.4) is 0 Å². The standard InChI is InChI=1S/C35H43N7O7S/c1-34(2,3)49-33(47)37-25-11-9-7-5-6-8-10-22-19-35(22,32(45)46)38-29(43)26-18-23(20-41(26)31(25)44)42-39-27(21-12-14-24(48-4)15-13-21)28(40-42)30-36-16-17-50-30/h8,10,12-17,22-23,25-26H,5-7,9,11,18-20H2,1-4H3,(H,37,47)(H,38,43)(H,45,46)/b10-8-/t22-,23?,25-,26-,35+/m0/s1. The van der Waals surface area contributed by atoms with Crippen molar-refractivity contribution in [1.82, 2.24) is 35.5 Å². The molecule has 0 radical (unpaired) electrons. The fourth-order valence-electron chi connectivity index (χ4n) is 6.61. The Balaban J connectivity index is 1.35. The van der Waals surface area contributed by atoms with E-state index in [-0.39, 0.29) is 25.3 Å². The summed E-state index contributed by atoms with van der Waals surface area (Å²) < 4.78 is 10.8. The summed E-state index contributed by atoms with van der Waals surface area (Å²) in [5.41, 5.74) is -0.327. The molecule has 1 saturated heterocycles. The first kappa shape index (κ1) is 35.1. The highest BCUT2D eigenvalue weighted by atomic mass is 32.1. The molecular formula is C35H43N7O7S. The van der Waals surface area contributed by atoms with Gasteiger partial charge >= 0.3 is 12.1 Å². The third-order valence-corrected chi connectivity index (χ3v) is 10.1. The zero-order valence-corrected chi connectivity index (χ0v) is 29.4. The summed E-state index contributed by atoms with van der Waals surface area (Å²) in [6.45, 7) is 5.28. The molecule has 1 aliphatic carbocycles. The molecule has 0 spiro atoms. The lowest BCUT2D eigenvalue weighted by molar-refractivity contribution is -0.145. The number of amides is 3. The number of rotatable bonds is 6. The second-order valence-corrected chi connectivity index (χ2v) is 14.9. The van der Waals surface area contributed by atoms with Crippen LogP contribution in [0.5, 0.6) is 5.75 Å². The Morgan fingerprint density at radius 3 is 2.54 bits per heavy atom. The van der Waals surface area contributed by atoms with Gasteiger partial charge in [-0.3, -0.25) is 9.59 Å². The monoisotopic (exact) mass is 705 g/mol. The van der Waals surface area contributed by atoms with Gasteiger partial charge in [0.25, 0.3) is 0 Å². The van der Waals surface area contributed by atoms with Gasteiger partial charge in [0.2, 0.25) is 11.8 Å². The molecule has 5 atom stereocenters. The van der Waals surface area contributed by atoms with Crippen molar-refractivity contribution in [3.8, 4) is 27.7 Å². The molecule has 4 heterocycles. The minimum Gasteiger partial charge on any atom is -0.497 e. The molecule has 1 unspecified atom stereocenters. The van der Waals surface area contributed by atoms with E-state index in [2.05, 4.69) is 15.6 Å². The Bertz CT molecular complexity index is 1750. The number of carbonyl (C=O) groups excluding carboxylic acids is 3. The first-order valence-corrected chi connectivity index (χ1v) is 17.8. The number of hydrogen-bond donors (Lipinski definition) is 3. The van der Waals surface area contributed by atoms with E-state index in [9.17, 15) is 24.3 Å². The number of nitrogens with one attached hydrogen (secondary N) is 2. The maximum absolute atomic E-state index is 14.4. The van der Waals surface area contributed by atoms with Gasteiger partial charge in [0.1, 0.15) is 45.4 Å². The molecule has 3 aliphatic rings. The molecule has 50 heavy (non-hydrogen) atoms. The average Bonchev–Trinajstić information content (AvgIpc) is 3.52. The third-order valence-electron chi connectivity index (χ3n) is 9.28. The number of benzene rings is 1. The van der Waals surface area contributed by atoms with Gasteiger partial charge in [-0.2, -0.15) is 9.90 Å². The van der Waals surface area contributed by atoms with E-state index in [1.807, 2.05) is 41.8 Å². The topological polar surface area (TPSA) is 178 Å². The number of hydrogen-bond acceptors (Lipinski definition) is 10. The van der Waals surface area contributed by atoms with E-state index in [0.717, 1.165) is 24.8 Å². The van der Waals surface area contributed by atoms with Gasteiger partial charge in [-0.25, -0.2) is 14.6 Å². The summed E-state index contributed by atoms with van der Waals surface area (Å²) in [7, 11) is 1.59. The van der Waals surface area contributed by atoms with Crippen LogP contribution in [-0.2, 0) is 19.1 Å². The number of thiazole rings is 1. The fourth-order valence-corrected chi connectivity index (χ4v) is 7.23. The molecule has 3 aromatic rings. The van der Waals surface area contributed by atoms with Crippen molar-refractivity contribution >= 4 is 35.2 Å². The number of fused-ring (bicyclic) bond motifs is 2. The maximum Gasteiger partial charge on any atom is 0.408 e. The van der Waals surface area contributed by atoms with E-state index < -0.39 is 53.1 Å². The smallest absolute Gasteiger partial charge is 0.408 e. The molecule has 1 saturated carbocycles. The molecule has 3 N–H and O–H groups in total. The van der Waals surface area contributed by atoms with Crippen LogP contribution in [0.1, 0.15) is 71.8 Å². The number of carbonyl (C=O) groups is 4. The predicted molar refractivity (Wildman–Crippen MR) is 184 cm³/mol. The Labute approximate surface area is 294 Å². The van der Waals surface area contributed by atoms with E-state index in [1.54, 1.807) is 34.1 Å². The molecule has 14 nitrogen and oxygen atoms in total. The van der Waals surface area contributed by atoms with Crippen LogP contribution in [0.25, 0.3) is 22.0 Å². The molecule has 2 fully saturated rings. The number of carboxylic acid groups (broad SMARTS) is 1. The van der Waals surface area contributed by atoms with Crippen molar-refractivity contribution < 1.29 is 33.8 Å². The molecule has 3 amide bonds. The number of carboxylic acids is 1. The van der Waals surface area contributed by atoms with Gasteiger partial charge in [0.05, 0.1) is 13.2 Å². The van der Waals surface area contributed by atoms with Gasteiger partial charge < -0.3 is 30.1 Å². The quantitative estimate of drug-likeness (QED) is 0.307. The van der Waals surface area contributed by atoms with E-state index in [4.69, 9.17) is 19.7 Å². The maximum atomic E-state index is 14.4. The molecule has 2 aliphatic heterocycles. The van der Waals surface area contributed by atoms with Crippen molar-refractivity contribution in [2.75, 3.05) is 13.7 Å². The van der Waals surface area contributed by atoms with Gasteiger partial charge in [0.15, 0.2) is 0 Å². The number of methoxy groups -OCH3 is 1. The summed E-state index contributed by atoms with van der Waals surface area (Å²) in [6, 6.07) is 4.85. The van der Waals surface area contributed by atoms with Gasteiger partial charge in [-0.1, -0.05) is 25.0 Å². The molecular weight excluding hydrogens is 662 g/mol. The SMILES string of the molecule is COc1ccc(-c2nn(C3C[C@H]4C(=O)N[C@]5(C(=O)O)C[C@@H]5/C=C\CCCCC[C@H](NC(=O)OC(C)(C)C)C(=O)N4C3)nc2-c2nccs2)cc1. The van der Waals surface area contributed by atoms with Crippen molar-refractivity contribution in [1.29, 1.82) is 0 Å². The highest BCUT2D eigenvalue weighted by molar-refractivity contribution is 7.13. The lowest BCUT2D eigenvalue weighted by Gasteiger charge is -2.30. The second-order valence-electron chi connectivity index (χ2n) is 14.0. The number of nitrogens with zero attached hydrogens (tertiary/aromatic N) is 5. The second kappa shape index (κ2) is 14.2. The summed E-state index contributed by atoms with van der Waals surface area (Å²) in [5.74, 6) is -1.81. The molecule has 2 aromatic heterocycles. The predicted octanol–water partition coefficient (Wildman–Crippen LogP) is 4.59. The van der Waals surface area contributed by atoms with E-state index >= 15 is 0 Å². The van der Waals surface area contributed by atoms with Crippen LogP contribution in [-0.4, -0.2) is 90.7 Å². The minimum absolute atomic E-state index is 0.0564. The zero-order chi connectivity index (χ0) is 35.6. The van der Waals surface area contributed by atoms with E-state index in [1.165, 1.54) is 21.0 Å². The van der Waals surface area contributed by atoms with Gasteiger partial charge in [-0.05, 0) is 70.7 Å². The van der Waals surface area contributed by atoms with Crippen molar-refractivity contribution in [3.63, 3.8) is 0 Å². The van der Waals surface area contributed by atoms with E-state index in [0.29, 0.717) is 35.0 Å². The Morgan fingerprint density at radius 2 is 1.86 bits per heavy atom. The average molecular weight is 706 g/mol. The van der Waals surface area contributed by atoms with Crippen molar-refractivity contribution in [2.45, 2.75) is 95.0 Å². The summed E-state index contributed by atoms with van der Waals surface area (Å²) >= 11 is 1.41. The fraction of sp³-hybridized carbons (Fsp3) is 0.514. The van der Waals surface area contributed by atoms with Crippen molar-refractivity contribution in [3.05, 3.63) is 48.0 Å². The lowest BCUT2D eigenvalue weighted by Crippen LogP contribution is -2.56. The number of allylic oxidation sites excluding steroid dienone is 1. The summed E-state index contributed by atoms with van der Waals surface area (Å²) in [4.78, 5) is 61.3. The van der Waals surface area contributed by atoms with Crippen LogP contribution in [0.4, 0.5) is 4.79 Å². The zero-order valence-electron chi connectivity index (χ0n) is 28.6. The third kappa shape index (κ3) is 7.52. The molecule has 266 valence electrons. The number of ether oxygens (including phenoxy) is 2. The first-order chi connectivity index (χ1) is 23.9. The van der Waals surface area contributed by atoms with Crippen molar-refractivity contribution in [2.24, 2.45) is 5.92 Å². The molecule has 15 heteroatoms. The number of aliphatic carboxylic acids is 1. The normalized spacial score (nSPS) is 26.4. The number of aromatic nitrogens is 4. The largest absolute Gasteiger partial charge is 0.497 e. The molecule has 0 bridgehead atoms. The van der Waals surface area contributed by atoms with Crippen LogP contribution < -0.4 is 15.4 Å². The lowest BCUT2D eigenvalue weighted by atomic mass is 10.0. The summed E-state index contributed by atoms with van der Waals surface area (Å²) in [6.07, 6.45) is 8.55. The van der Waals surface area contributed by atoms with Crippen LogP contribution in [0, 0.1) is 5.92 Å².